The predicted octanol–water partition coefficient (Wildman–Crippen LogP) is 4.68. The summed E-state index contributed by atoms with van der Waals surface area (Å²) in [7, 11) is 1.63. The first-order chi connectivity index (χ1) is 16.6. The second-order valence-corrected chi connectivity index (χ2v) is 9.32. The summed E-state index contributed by atoms with van der Waals surface area (Å²) in [6.07, 6.45) is 0. The third-order valence-corrected chi connectivity index (χ3v) is 7.05. The number of thioether (sulfide) groups is 1. The summed E-state index contributed by atoms with van der Waals surface area (Å²) in [6.45, 7) is 0.412. The van der Waals surface area contributed by atoms with Crippen LogP contribution in [0.1, 0.15) is 17.2 Å². The zero-order chi connectivity index (χ0) is 23.5. The molecule has 0 spiro atoms. The molecule has 0 saturated carbocycles. The first kappa shape index (κ1) is 22.3. The van der Waals surface area contributed by atoms with Crippen LogP contribution in [0.5, 0.6) is 5.75 Å². The summed E-state index contributed by atoms with van der Waals surface area (Å²) in [5.74, 6) is 1.38. The molecule has 1 aliphatic rings. The van der Waals surface area contributed by atoms with Gasteiger partial charge in [-0.2, -0.15) is 0 Å². The smallest absolute Gasteiger partial charge is 0.236 e. The predicted molar refractivity (Wildman–Crippen MR) is 133 cm³/mol. The first-order valence-corrected chi connectivity index (χ1v) is 12.0. The van der Waals surface area contributed by atoms with Gasteiger partial charge in [0, 0.05) is 17.1 Å². The van der Waals surface area contributed by atoms with Gasteiger partial charge in [0.25, 0.3) is 0 Å². The molecule has 2 unspecified atom stereocenters. The molecular formula is C25H22ClN5O2S. The van der Waals surface area contributed by atoms with Gasteiger partial charge in [-0.05, 0) is 35.4 Å². The van der Waals surface area contributed by atoms with Crippen molar-refractivity contribution in [3.63, 3.8) is 0 Å². The summed E-state index contributed by atoms with van der Waals surface area (Å²) in [6, 6.07) is 24.7. The Kier molecular flexibility index (Phi) is 6.42. The highest BCUT2D eigenvalue weighted by molar-refractivity contribution is 8.00. The fourth-order valence-corrected chi connectivity index (χ4v) is 5.01. The van der Waals surface area contributed by atoms with E-state index in [0.29, 0.717) is 22.5 Å². The minimum absolute atomic E-state index is 0.0937. The van der Waals surface area contributed by atoms with E-state index < -0.39 is 5.25 Å². The Balaban J connectivity index is 1.42. The molecule has 0 bridgehead atoms. The van der Waals surface area contributed by atoms with E-state index in [-0.39, 0.29) is 11.9 Å². The number of fused-ring (bicyclic) bond motifs is 1. The molecule has 3 aromatic carbocycles. The molecule has 4 aromatic rings. The minimum Gasteiger partial charge on any atom is -0.497 e. The molecule has 2 heterocycles. The lowest BCUT2D eigenvalue weighted by atomic mass is 10.0. The van der Waals surface area contributed by atoms with Crippen LogP contribution in [0.3, 0.4) is 0 Å². The molecule has 1 amide bonds. The summed E-state index contributed by atoms with van der Waals surface area (Å²) in [5, 5.41) is 12.6. The van der Waals surface area contributed by atoms with Gasteiger partial charge in [-0.1, -0.05) is 78.0 Å². The summed E-state index contributed by atoms with van der Waals surface area (Å²) in [4.78, 5) is 13.4. The van der Waals surface area contributed by atoms with Crippen LogP contribution < -0.4 is 15.5 Å². The van der Waals surface area contributed by atoms with Crippen LogP contribution in [-0.4, -0.2) is 33.1 Å². The van der Waals surface area contributed by atoms with Gasteiger partial charge in [0.05, 0.1) is 13.2 Å². The fraction of sp³-hybridized carbons (Fsp3) is 0.160. The molecule has 2 atom stereocenters. The average Bonchev–Trinajstić information content (AvgIpc) is 3.31. The highest BCUT2D eigenvalue weighted by Crippen LogP contribution is 2.38. The number of nitrogens with one attached hydrogen (secondary N) is 2. The summed E-state index contributed by atoms with van der Waals surface area (Å²) >= 11 is 7.51. The molecular weight excluding hydrogens is 470 g/mol. The molecule has 2 N–H and O–H groups in total. The molecule has 0 aliphatic carbocycles. The maximum Gasteiger partial charge on any atom is 0.236 e. The van der Waals surface area contributed by atoms with Gasteiger partial charge in [-0.25, -0.2) is 4.68 Å². The van der Waals surface area contributed by atoms with Gasteiger partial charge in [-0.15, -0.1) is 10.2 Å². The number of ether oxygens (including phenoxy) is 1. The van der Waals surface area contributed by atoms with Crippen molar-refractivity contribution in [2.45, 2.75) is 23.0 Å². The largest absolute Gasteiger partial charge is 0.497 e. The molecule has 1 aliphatic heterocycles. The molecule has 0 fully saturated rings. The van der Waals surface area contributed by atoms with E-state index in [4.69, 9.17) is 16.3 Å². The van der Waals surface area contributed by atoms with Gasteiger partial charge in [0.2, 0.25) is 11.1 Å². The van der Waals surface area contributed by atoms with E-state index in [1.165, 1.54) is 11.8 Å². The summed E-state index contributed by atoms with van der Waals surface area (Å²) in [5.41, 5.74) is 6.34. The highest BCUT2D eigenvalue weighted by atomic mass is 35.5. The second kappa shape index (κ2) is 9.79. The molecule has 5 rings (SSSR count). The topological polar surface area (TPSA) is 81.1 Å². The molecule has 34 heavy (non-hydrogen) atoms. The van der Waals surface area contributed by atoms with Crippen LogP contribution in [-0.2, 0) is 11.3 Å². The van der Waals surface area contributed by atoms with Gasteiger partial charge >= 0.3 is 0 Å². The van der Waals surface area contributed by atoms with Crippen molar-refractivity contribution in [3.05, 3.63) is 95.0 Å². The van der Waals surface area contributed by atoms with Crippen molar-refractivity contribution in [2.75, 3.05) is 12.5 Å². The third-order valence-electron chi connectivity index (χ3n) is 5.58. The Labute approximate surface area is 206 Å². The average molecular weight is 492 g/mol. The lowest BCUT2D eigenvalue weighted by Gasteiger charge is -2.33. The number of hydrogen-bond acceptors (Lipinski definition) is 6. The van der Waals surface area contributed by atoms with Crippen LogP contribution in [0.4, 0.5) is 0 Å². The van der Waals surface area contributed by atoms with Crippen LogP contribution in [0.25, 0.3) is 11.4 Å². The van der Waals surface area contributed by atoms with E-state index >= 15 is 0 Å². The van der Waals surface area contributed by atoms with Gasteiger partial charge in [-0.3, -0.25) is 4.79 Å². The van der Waals surface area contributed by atoms with Gasteiger partial charge < -0.3 is 15.5 Å². The standard InChI is InChI=1S/C25H22ClN5O2S/c1-33-20-13-7-16(8-14-20)15-27-24(32)22-21(17-9-11-19(26)12-10-17)30-31-23(28-29-25(31)34-22)18-5-3-2-4-6-18/h2-14,21-22,30H,15H2,1H3,(H,27,32). The highest BCUT2D eigenvalue weighted by Gasteiger charge is 2.37. The SMILES string of the molecule is COc1ccc(CNC(=O)C2Sc3nnc(-c4ccccc4)n3NC2c2ccc(Cl)cc2)cc1. The number of halogens is 1. The number of methoxy groups -OCH3 is 1. The Morgan fingerprint density at radius 3 is 2.50 bits per heavy atom. The van der Waals surface area contributed by atoms with Crippen LogP contribution >= 0.6 is 23.4 Å². The number of nitrogens with zero attached hydrogens (tertiary/aromatic N) is 3. The van der Waals surface area contributed by atoms with Crippen molar-refractivity contribution in [3.8, 4) is 17.1 Å². The third kappa shape index (κ3) is 4.60. The number of benzene rings is 3. The molecule has 172 valence electrons. The monoisotopic (exact) mass is 491 g/mol. The number of rotatable bonds is 6. The van der Waals surface area contributed by atoms with Crippen molar-refractivity contribution < 1.29 is 9.53 Å². The molecule has 0 saturated heterocycles. The zero-order valence-corrected chi connectivity index (χ0v) is 19.9. The van der Waals surface area contributed by atoms with Crippen LogP contribution in [0.2, 0.25) is 5.02 Å². The number of aromatic nitrogens is 3. The maximum absolute atomic E-state index is 13.4. The maximum atomic E-state index is 13.4. The minimum atomic E-state index is -0.459. The molecule has 0 radical (unpaired) electrons. The van der Waals surface area contributed by atoms with Crippen LogP contribution in [0, 0.1) is 0 Å². The Morgan fingerprint density at radius 1 is 1.06 bits per heavy atom. The first-order valence-electron chi connectivity index (χ1n) is 10.7. The molecule has 9 heteroatoms. The normalized spacial score (nSPS) is 16.9. The molecule has 7 nitrogen and oxygen atoms in total. The Bertz CT molecular complexity index is 1280. The van der Waals surface area contributed by atoms with Crippen molar-refractivity contribution >= 4 is 29.3 Å². The van der Waals surface area contributed by atoms with Crippen LogP contribution in [0.15, 0.2) is 84.0 Å². The lowest BCUT2D eigenvalue weighted by Crippen LogP contribution is -2.43. The Hall–Kier alpha value is -3.49. The van der Waals surface area contributed by atoms with Crippen molar-refractivity contribution in [1.29, 1.82) is 0 Å². The van der Waals surface area contributed by atoms with E-state index in [2.05, 4.69) is 20.9 Å². The molecule has 1 aromatic heterocycles. The second-order valence-electron chi connectivity index (χ2n) is 7.77. The number of hydrogen-bond donors (Lipinski definition) is 2. The van der Waals surface area contributed by atoms with Gasteiger partial charge in [0.15, 0.2) is 5.82 Å². The Morgan fingerprint density at radius 2 is 1.79 bits per heavy atom. The van der Waals surface area contributed by atoms with Crippen molar-refractivity contribution in [1.82, 2.24) is 20.2 Å². The lowest BCUT2D eigenvalue weighted by molar-refractivity contribution is -0.121. The fourth-order valence-electron chi connectivity index (χ4n) is 3.78. The quantitative estimate of drug-likeness (QED) is 0.407. The summed E-state index contributed by atoms with van der Waals surface area (Å²) < 4.78 is 7.06. The van der Waals surface area contributed by atoms with Crippen molar-refractivity contribution in [2.24, 2.45) is 0 Å². The number of amides is 1. The van der Waals surface area contributed by atoms with Gasteiger partial charge in [0.1, 0.15) is 11.0 Å². The van der Waals surface area contributed by atoms with E-state index in [1.807, 2.05) is 83.5 Å². The van der Waals surface area contributed by atoms with E-state index in [0.717, 1.165) is 22.4 Å². The zero-order valence-electron chi connectivity index (χ0n) is 18.3. The number of carbonyl (C=O) groups is 1. The van der Waals surface area contributed by atoms with E-state index in [1.54, 1.807) is 7.11 Å². The number of carbonyl (C=O) groups excluding carboxylic acids is 1. The van der Waals surface area contributed by atoms with E-state index in [9.17, 15) is 4.79 Å².